The first-order valence-electron chi connectivity index (χ1n) is 10.6. The third-order valence-corrected chi connectivity index (χ3v) is 5.67. The summed E-state index contributed by atoms with van der Waals surface area (Å²) in [5, 5.41) is 9.15. The van der Waals surface area contributed by atoms with E-state index in [9.17, 15) is 4.79 Å². The van der Waals surface area contributed by atoms with Crippen molar-refractivity contribution < 1.29 is 19.4 Å². The van der Waals surface area contributed by atoms with E-state index in [-0.39, 0.29) is 0 Å². The van der Waals surface area contributed by atoms with Gasteiger partial charge in [0.05, 0.1) is 5.69 Å². The van der Waals surface area contributed by atoms with Gasteiger partial charge in [-0.3, -0.25) is 0 Å². The summed E-state index contributed by atoms with van der Waals surface area (Å²) in [5.74, 6) is -0.0252. The van der Waals surface area contributed by atoms with Crippen LogP contribution in [0.4, 0.5) is 11.4 Å². The highest BCUT2D eigenvalue weighted by Gasteiger charge is 2.21. The number of hydrogen-bond donors (Lipinski definition) is 1. The molecular weight excluding hydrogens is 390 g/mol. The number of para-hydroxylation sites is 3. The molecule has 0 amide bonds. The highest BCUT2D eigenvalue weighted by atomic mass is 16.5. The van der Waals surface area contributed by atoms with E-state index in [0.717, 1.165) is 36.4 Å². The standard InChI is InChI=1S/C26H27NO4/c1-30-25(26(28)29)17-20-14-12-19(13-15-20)7-6-16-27-22-9-3-2-8-21(22)18-31-24-11-5-4-10-23(24)27/h2-5,8-15,25H,6-7,16-18H2,1H3,(H,28,29). The Morgan fingerprint density at radius 3 is 2.42 bits per heavy atom. The Morgan fingerprint density at radius 1 is 1.00 bits per heavy atom. The van der Waals surface area contributed by atoms with Crippen molar-refractivity contribution in [2.24, 2.45) is 0 Å². The van der Waals surface area contributed by atoms with Crippen molar-refractivity contribution in [3.8, 4) is 5.75 Å². The van der Waals surface area contributed by atoms with E-state index in [4.69, 9.17) is 14.6 Å². The molecule has 5 nitrogen and oxygen atoms in total. The van der Waals surface area contributed by atoms with Crippen molar-refractivity contribution in [3.63, 3.8) is 0 Å². The number of anilines is 2. The summed E-state index contributed by atoms with van der Waals surface area (Å²) >= 11 is 0. The molecule has 0 fully saturated rings. The molecule has 0 bridgehead atoms. The summed E-state index contributed by atoms with van der Waals surface area (Å²) in [6.45, 7) is 1.45. The predicted molar refractivity (Wildman–Crippen MR) is 121 cm³/mol. The zero-order chi connectivity index (χ0) is 21.6. The Labute approximate surface area is 182 Å². The number of carbonyl (C=O) groups is 1. The summed E-state index contributed by atoms with van der Waals surface area (Å²) in [7, 11) is 1.43. The molecule has 3 aromatic rings. The molecular formula is C26H27NO4. The molecule has 0 saturated carbocycles. The monoisotopic (exact) mass is 417 g/mol. The number of nitrogens with zero attached hydrogens (tertiary/aromatic N) is 1. The molecule has 3 aromatic carbocycles. The Kier molecular flexibility index (Phi) is 6.53. The van der Waals surface area contributed by atoms with Gasteiger partial charge in [-0.05, 0) is 42.2 Å². The van der Waals surface area contributed by atoms with Gasteiger partial charge >= 0.3 is 5.97 Å². The van der Waals surface area contributed by atoms with E-state index in [1.54, 1.807) is 0 Å². The Balaban J connectivity index is 1.43. The zero-order valence-corrected chi connectivity index (χ0v) is 17.7. The van der Waals surface area contributed by atoms with E-state index < -0.39 is 12.1 Å². The minimum atomic E-state index is -0.937. The number of rotatable bonds is 8. The lowest BCUT2D eigenvalue weighted by Gasteiger charge is -2.25. The molecule has 1 heterocycles. The molecule has 1 atom stereocenters. The smallest absolute Gasteiger partial charge is 0.333 e. The maximum atomic E-state index is 11.2. The number of carboxylic acid groups (broad SMARTS) is 1. The van der Waals surface area contributed by atoms with E-state index in [1.165, 1.54) is 23.9 Å². The van der Waals surface area contributed by atoms with Gasteiger partial charge in [0.15, 0.2) is 6.10 Å². The van der Waals surface area contributed by atoms with Crippen LogP contribution in [-0.4, -0.2) is 30.8 Å². The fourth-order valence-electron chi connectivity index (χ4n) is 3.99. The number of methoxy groups -OCH3 is 1. The summed E-state index contributed by atoms with van der Waals surface area (Å²) in [6.07, 6.45) is 1.48. The van der Waals surface area contributed by atoms with Crippen LogP contribution in [0.1, 0.15) is 23.1 Å². The van der Waals surface area contributed by atoms with Crippen LogP contribution in [0.3, 0.4) is 0 Å². The molecule has 0 aromatic heterocycles. The van der Waals surface area contributed by atoms with E-state index in [1.807, 2.05) is 30.3 Å². The number of carboxylic acids is 1. The molecule has 31 heavy (non-hydrogen) atoms. The van der Waals surface area contributed by atoms with Crippen LogP contribution in [-0.2, 0) is 29.0 Å². The zero-order valence-electron chi connectivity index (χ0n) is 17.7. The second kappa shape index (κ2) is 9.67. The predicted octanol–water partition coefficient (Wildman–Crippen LogP) is 4.99. The first kappa shape index (κ1) is 20.9. The van der Waals surface area contributed by atoms with Gasteiger partial charge in [0.25, 0.3) is 0 Å². The first-order chi connectivity index (χ1) is 15.2. The largest absolute Gasteiger partial charge is 0.487 e. The van der Waals surface area contributed by atoms with Crippen molar-refractivity contribution in [2.45, 2.75) is 32.0 Å². The number of hydrogen-bond acceptors (Lipinski definition) is 4. The third kappa shape index (κ3) is 4.89. The number of benzene rings is 3. The highest BCUT2D eigenvalue weighted by molar-refractivity contribution is 5.73. The molecule has 5 heteroatoms. The summed E-state index contributed by atoms with van der Waals surface area (Å²) in [4.78, 5) is 13.5. The van der Waals surface area contributed by atoms with Gasteiger partial charge in [0.1, 0.15) is 12.4 Å². The maximum absolute atomic E-state index is 11.2. The van der Waals surface area contributed by atoms with E-state index in [2.05, 4.69) is 47.4 Å². The van der Waals surface area contributed by atoms with Gasteiger partial charge in [-0.1, -0.05) is 54.6 Å². The van der Waals surface area contributed by atoms with Crippen LogP contribution in [0.2, 0.25) is 0 Å². The van der Waals surface area contributed by atoms with E-state index in [0.29, 0.717) is 13.0 Å². The number of fused-ring (bicyclic) bond motifs is 2. The van der Waals surface area contributed by atoms with Crippen LogP contribution in [0.5, 0.6) is 5.75 Å². The molecule has 0 spiro atoms. The van der Waals surface area contributed by atoms with Gasteiger partial charge in [-0.15, -0.1) is 0 Å². The molecule has 4 rings (SSSR count). The first-order valence-corrected chi connectivity index (χ1v) is 10.6. The lowest BCUT2D eigenvalue weighted by Crippen LogP contribution is -2.24. The topological polar surface area (TPSA) is 59.0 Å². The summed E-state index contributed by atoms with van der Waals surface area (Å²) in [5.41, 5.74) is 5.68. The Morgan fingerprint density at radius 2 is 1.68 bits per heavy atom. The third-order valence-electron chi connectivity index (χ3n) is 5.67. The van der Waals surface area contributed by atoms with Crippen molar-refractivity contribution in [2.75, 3.05) is 18.6 Å². The molecule has 1 N–H and O–H groups in total. The van der Waals surface area contributed by atoms with Crippen LogP contribution in [0, 0.1) is 0 Å². The molecule has 1 aliphatic heterocycles. The lowest BCUT2D eigenvalue weighted by molar-refractivity contribution is -0.148. The molecule has 0 radical (unpaired) electrons. The van der Waals surface area contributed by atoms with Crippen LogP contribution < -0.4 is 9.64 Å². The van der Waals surface area contributed by atoms with Crippen LogP contribution >= 0.6 is 0 Å². The average molecular weight is 418 g/mol. The highest BCUT2D eigenvalue weighted by Crippen LogP contribution is 2.39. The van der Waals surface area contributed by atoms with Gasteiger partial charge in [-0.25, -0.2) is 4.79 Å². The van der Waals surface area contributed by atoms with Crippen molar-refractivity contribution in [3.05, 3.63) is 89.5 Å². The normalized spacial score (nSPS) is 13.5. The molecule has 1 aliphatic rings. The second-order valence-electron chi connectivity index (χ2n) is 7.72. The number of aryl methyl sites for hydroxylation is 1. The van der Waals surface area contributed by atoms with Crippen LogP contribution in [0.15, 0.2) is 72.8 Å². The van der Waals surface area contributed by atoms with Gasteiger partial charge in [0.2, 0.25) is 0 Å². The fourth-order valence-corrected chi connectivity index (χ4v) is 3.99. The number of ether oxygens (including phenoxy) is 2. The van der Waals surface area contributed by atoms with Gasteiger partial charge in [0, 0.05) is 31.3 Å². The van der Waals surface area contributed by atoms with Gasteiger partial charge in [-0.2, -0.15) is 0 Å². The molecule has 1 unspecified atom stereocenters. The maximum Gasteiger partial charge on any atom is 0.333 e. The Bertz CT molecular complexity index is 984. The fraction of sp³-hybridized carbons (Fsp3) is 0.269. The SMILES string of the molecule is COC(Cc1ccc(CCCN2c3ccccc3COc3ccccc32)cc1)C(=O)O. The van der Waals surface area contributed by atoms with Crippen molar-refractivity contribution in [1.82, 2.24) is 0 Å². The summed E-state index contributed by atoms with van der Waals surface area (Å²) < 4.78 is 11.1. The Hall–Kier alpha value is -3.31. The van der Waals surface area contributed by atoms with Crippen molar-refractivity contribution >= 4 is 17.3 Å². The molecule has 0 aliphatic carbocycles. The summed E-state index contributed by atoms with van der Waals surface area (Å²) in [6, 6.07) is 24.7. The van der Waals surface area contributed by atoms with Crippen LogP contribution in [0.25, 0.3) is 0 Å². The van der Waals surface area contributed by atoms with Gasteiger partial charge < -0.3 is 19.5 Å². The quantitative estimate of drug-likeness (QED) is 0.559. The lowest BCUT2D eigenvalue weighted by atomic mass is 10.0. The minimum Gasteiger partial charge on any atom is -0.487 e. The minimum absolute atomic E-state index is 0.369. The number of aliphatic carboxylic acids is 1. The average Bonchev–Trinajstić information content (AvgIpc) is 2.95. The second-order valence-corrected chi connectivity index (χ2v) is 7.72. The van der Waals surface area contributed by atoms with Crippen molar-refractivity contribution in [1.29, 1.82) is 0 Å². The van der Waals surface area contributed by atoms with E-state index >= 15 is 0 Å². The molecule has 160 valence electrons. The molecule has 0 saturated heterocycles.